The molecule has 2 aromatic rings. The van der Waals surface area contributed by atoms with Gasteiger partial charge >= 0.3 is 0 Å². The molecule has 0 unspecified atom stereocenters. The topological polar surface area (TPSA) is 35.8 Å². The van der Waals surface area contributed by atoms with Crippen molar-refractivity contribution in [1.82, 2.24) is 0 Å². The smallest absolute Gasteiger partial charge is 0.0992 e. The Labute approximate surface area is 131 Å². The Morgan fingerprint density at radius 1 is 1.05 bits per heavy atom. The van der Waals surface area contributed by atoms with Crippen LogP contribution in [0.5, 0.6) is 0 Å². The molecule has 108 valence electrons. The summed E-state index contributed by atoms with van der Waals surface area (Å²) in [7, 11) is 0. The molecule has 0 aromatic heterocycles. The lowest BCUT2D eigenvalue weighted by molar-refractivity contribution is 1.04. The first-order valence-corrected chi connectivity index (χ1v) is 7.55. The number of nitriles is 1. The predicted octanol–water partition coefficient (Wildman–Crippen LogP) is 4.90. The molecule has 2 nitrogen and oxygen atoms in total. The first-order valence-electron chi connectivity index (χ1n) is 7.55. The third-order valence-corrected chi connectivity index (χ3v) is 3.77. The molecule has 0 atom stereocenters. The van der Waals surface area contributed by atoms with Crippen LogP contribution in [0.1, 0.15) is 29.5 Å². The Morgan fingerprint density at radius 3 is 2.64 bits per heavy atom. The van der Waals surface area contributed by atoms with Crippen molar-refractivity contribution in [2.45, 2.75) is 19.4 Å². The van der Waals surface area contributed by atoms with E-state index in [-0.39, 0.29) is 0 Å². The largest absolute Gasteiger partial charge is 0.381 e. The van der Waals surface area contributed by atoms with Gasteiger partial charge in [0.2, 0.25) is 0 Å². The molecule has 0 bridgehead atoms. The van der Waals surface area contributed by atoms with Gasteiger partial charge in [-0.3, -0.25) is 0 Å². The highest BCUT2D eigenvalue weighted by Gasteiger charge is 2.02. The summed E-state index contributed by atoms with van der Waals surface area (Å²) in [5.74, 6) is 0. The monoisotopic (exact) mass is 286 g/mol. The second-order valence-electron chi connectivity index (χ2n) is 5.38. The van der Waals surface area contributed by atoms with Gasteiger partial charge in [-0.15, -0.1) is 0 Å². The van der Waals surface area contributed by atoms with Crippen LogP contribution in [0, 0.1) is 11.3 Å². The van der Waals surface area contributed by atoms with E-state index in [4.69, 9.17) is 5.26 Å². The SMILES string of the molecule is N#Cc1cccc(NCc2ccc(C3=CCCC=C3)cc2)c1. The number of benzene rings is 2. The fourth-order valence-electron chi connectivity index (χ4n) is 2.55. The zero-order valence-electron chi connectivity index (χ0n) is 12.4. The quantitative estimate of drug-likeness (QED) is 0.867. The minimum Gasteiger partial charge on any atom is -0.381 e. The van der Waals surface area contributed by atoms with Crippen molar-refractivity contribution in [2.75, 3.05) is 5.32 Å². The van der Waals surface area contributed by atoms with E-state index in [1.807, 2.05) is 24.3 Å². The molecule has 0 fully saturated rings. The number of hydrogen-bond donors (Lipinski definition) is 1. The highest BCUT2D eigenvalue weighted by molar-refractivity contribution is 5.74. The Bertz CT molecular complexity index is 746. The van der Waals surface area contributed by atoms with Crippen molar-refractivity contribution in [3.05, 3.63) is 83.4 Å². The summed E-state index contributed by atoms with van der Waals surface area (Å²) in [6.07, 6.45) is 9.00. The molecule has 0 heterocycles. The zero-order chi connectivity index (χ0) is 15.2. The molecule has 0 saturated carbocycles. The summed E-state index contributed by atoms with van der Waals surface area (Å²) in [6, 6.07) is 18.4. The van der Waals surface area contributed by atoms with Crippen LogP contribution in [0.4, 0.5) is 5.69 Å². The fourth-order valence-corrected chi connectivity index (χ4v) is 2.55. The van der Waals surface area contributed by atoms with E-state index in [0.29, 0.717) is 5.56 Å². The number of nitrogens with one attached hydrogen (secondary N) is 1. The maximum Gasteiger partial charge on any atom is 0.0992 e. The lowest BCUT2D eigenvalue weighted by Gasteiger charge is -2.10. The summed E-state index contributed by atoms with van der Waals surface area (Å²) in [5.41, 5.74) is 5.46. The van der Waals surface area contributed by atoms with Crippen molar-refractivity contribution >= 4 is 11.3 Å². The van der Waals surface area contributed by atoms with E-state index in [1.165, 1.54) is 16.7 Å². The Morgan fingerprint density at radius 2 is 1.91 bits per heavy atom. The Hall–Kier alpha value is -2.79. The van der Waals surface area contributed by atoms with Gasteiger partial charge in [0.25, 0.3) is 0 Å². The summed E-state index contributed by atoms with van der Waals surface area (Å²) >= 11 is 0. The molecule has 2 heteroatoms. The van der Waals surface area contributed by atoms with Gasteiger partial charge in [0.05, 0.1) is 11.6 Å². The highest BCUT2D eigenvalue weighted by Crippen LogP contribution is 2.22. The van der Waals surface area contributed by atoms with Gasteiger partial charge in [-0.2, -0.15) is 5.26 Å². The molecule has 1 N–H and O–H groups in total. The van der Waals surface area contributed by atoms with E-state index in [9.17, 15) is 0 Å². The number of allylic oxidation sites excluding steroid dienone is 4. The van der Waals surface area contributed by atoms with Gasteiger partial charge in [0, 0.05) is 12.2 Å². The average molecular weight is 286 g/mol. The molecule has 0 saturated heterocycles. The van der Waals surface area contributed by atoms with Gasteiger partial charge in [-0.05, 0) is 47.7 Å². The molecule has 0 amide bonds. The fraction of sp³-hybridized carbons (Fsp3) is 0.150. The number of rotatable bonds is 4. The summed E-state index contributed by atoms with van der Waals surface area (Å²) in [6.45, 7) is 0.754. The third-order valence-electron chi connectivity index (χ3n) is 3.77. The van der Waals surface area contributed by atoms with Crippen LogP contribution in [-0.2, 0) is 6.54 Å². The molecule has 0 aliphatic heterocycles. The number of hydrogen-bond acceptors (Lipinski definition) is 2. The van der Waals surface area contributed by atoms with Crippen LogP contribution in [0.3, 0.4) is 0 Å². The molecule has 1 aliphatic rings. The summed E-state index contributed by atoms with van der Waals surface area (Å²) in [5, 5.41) is 12.3. The first-order chi connectivity index (χ1) is 10.8. The second kappa shape index (κ2) is 6.78. The van der Waals surface area contributed by atoms with Gasteiger partial charge in [-0.1, -0.05) is 48.6 Å². The summed E-state index contributed by atoms with van der Waals surface area (Å²) < 4.78 is 0. The summed E-state index contributed by atoms with van der Waals surface area (Å²) in [4.78, 5) is 0. The highest BCUT2D eigenvalue weighted by atomic mass is 14.9. The second-order valence-corrected chi connectivity index (χ2v) is 5.38. The van der Waals surface area contributed by atoms with Crippen LogP contribution < -0.4 is 5.32 Å². The molecule has 1 aliphatic carbocycles. The van der Waals surface area contributed by atoms with Gasteiger partial charge < -0.3 is 5.32 Å². The molecule has 22 heavy (non-hydrogen) atoms. The van der Waals surface area contributed by atoms with Crippen LogP contribution in [0.25, 0.3) is 5.57 Å². The molecular weight excluding hydrogens is 268 g/mol. The zero-order valence-corrected chi connectivity index (χ0v) is 12.4. The van der Waals surface area contributed by atoms with Crippen molar-refractivity contribution in [3.8, 4) is 6.07 Å². The Balaban J connectivity index is 1.65. The van der Waals surface area contributed by atoms with E-state index >= 15 is 0 Å². The number of nitrogens with zero attached hydrogens (tertiary/aromatic N) is 1. The van der Waals surface area contributed by atoms with E-state index in [2.05, 4.69) is 53.9 Å². The molecule has 0 spiro atoms. The van der Waals surface area contributed by atoms with Gasteiger partial charge in [0.1, 0.15) is 0 Å². The van der Waals surface area contributed by atoms with Gasteiger partial charge in [-0.25, -0.2) is 0 Å². The maximum absolute atomic E-state index is 8.91. The van der Waals surface area contributed by atoms with Crippen LogP contribution in [0.15, 0.2) is 66.8 Å². The van der Waals surface area contributed by atoms with Crippen LogP contribution in [0.2, 0.25) is 0 Å². The minimum absolute atomic E-state index is 0.677. The molecular formula is C20H18N2. The van der Waals surface area contributed by atoms with Crippen molar-refractivity contribution in [1.29, 1.82) is 5.26 Å². The number of anilines is 1. The lowest BCUT2D eigenvalue weighted by Crippen LogP contribution is -1.99. The van der Waals surface area contributed by atoms with Crippen molar-refractivity contribution in [2.24, 2.45) is 0 Å². The minimum atomic E-state index is 0.677. The Kier molecular flexibility index (Phi) is 4.36. The van der Waals surface area contributed by atoms with Crippen LogP contribution in [-0.4, -0.2) is 0 Å². The normalized spacial score (nSPS) is 13.3. The predicted molar refractivity (Wildman–Crippen MR) is 91.3 cm³/mol. The van der Waals surface area contributed by atoms with E-state index < -0.39 is 0 Å². The maximum atomic E-state index is 8.91. The van der Waals surface area contributed by atoms with Crippen molar-refractivity contribution < 1.29 is 0 Å². The average Bonchev–Trinajstić information content (AvgIpc) is 2.61. The van der Waals surface area contributed by atoms with Crippen molar-refractivity contribution in [3.63, 3.8) is 0 Å². The molecule has 3 rings (SSSR count). The molecule has 0 radical (unpaired) electrons. The van der Waals surface area contributed by atoms with E-state index in [1.54, 1.807) is 0 Å². The standard InChI is InChI=1S/C20H18N2/c21-14-17-5-4-8-20(13-17)22-15-16-9-11-19(12-10-16)18-6-2-1-3-7-18/h2,4-13,22H,1,3,15H2. The van der Waals surface area contributed by atoms with Crippen LogP contribution >= 0.6 is 0 Å². The third kappa shape index (κ3) is 3.45. The van der Waals surface area contributed by atoms with Gasteiger partial charge in [0.15, 0.2) is 0 Å². The lowest BCUT2D eigenvalue weighted by atomic mass is 9.99. The molecule has 2 aromatic carbocycles. The first kappa shape index (κ1) is 14.2. The van der Waals surface area contributed by atoms with E-state index in [0.717, 1.165) is 25.1 Å².